The quantitative estimate of drug-likeness (QED) is 0.259. The smallest absolute Gasteiger partial charge is 0.181 e. The van der Waals surface area contributed by atoms with Crippen molar-refractivity contribution in [1.82, 2.24) is 14.9 Å². The fourth-order valence-corrected chi connectivity index (χ4v) is 5.50. The molecule has 1 atom stereocenters. The van der Waals surface area contributed by atoms with Gasteiger partial charge >= 0.3 is 0 Å². The van der Waals surface area contributed by atoms with E-state index >= 15 is 0 Å². The van der Waals surface area contributed by atoms with Crippen LogP contribution >= 0.6 is 13.5 Å². The number of rotatable bonds is 13. The Morgan fingerprint density at radius 3 is 2.79 bits per heavy atom. The van der Waals surface area contributed by atoms with Gasteiger partial charge in [-0.05, 0) is 87.8 Å². The minimum atomic E-state index is -0.568. The topological polar surface area (TPSA) is 104 Å². The van der Waals surface area contributed by atoms with Crippen LogP contribution in [0.3, 0.4) is 0 Å². The van der Waals surface area contributed by atoms with Crippen LogP contribution in [0.25, 0.3) is 0 Å². The second-order valence-corrected chi connectivity index (χ2v) is 11.5. The van der Waals surface area contributed by atoms with Gasteiger partial charge in [0, 0.05) is 51.3 Å². The van der Waals surface area contributed by atoms with Crippen LogP contribution in [-0.4, -0.2) is 64.6 Å². The van der Waals surface area contributed by atoms with Crippen molar-refractivity contribution in [3.05, 3.63) is 64.4 Å². The standard InChI is InChI=1S/C32H43N5O4.H2S/c1-5-36(4)32-16-24(15-31(35-32)34-25-7-6-8-25)28(39)11-10-26(38)18-37-14-13-27-21(2)29(12-9-23(27)17-37)40-19-30-22(3)33-20-41-30;/h9,12,15-16,20,25-26,38H,5-8,10-11,13-14,17-19H2,1-4H3,(H,34,35);1H2/t26-;/m0./s1. The predicted molar refractivity (Wildman–Crippen MR) is 170 cm³/mol. The van der Waals surface area contributed by atoms with Gasteiger partial charge in [0.2, 0.25) is 0 Å². The predicted octanol–water partition coefficient (Wildman–Crippen LogP) is 5.18. The molecular weight excluding hydrogens is 550 g/mol. The molecule has 1 aromatic carbocycles. The number of nitrogens with one attached hydrogen (secondary N) is 1. The number of hydrogen-bond donors (Lipinski definition) is 2. The zero-order chi connectivity index (χ0) is 28.9. The van der Waals surface area contributed by atoms with Crippen LogP contribution in [0.1, 0.15) is 77.5 Å². The number of aliphatic hydroxyl groups is 1. The van der Waals surface area contributed by atoms with Crippen LogP contribution in [0.5, 0.6) is 5.75 Å². The van der Waals surface area contributed by atoms with Crippen molar-refractivity contribution < 1.29 is 19.1 Å². The highest BCUT2D eigenvalue weighted by Gasteiger charge is 2.23. The minimum Gasteiger partial charge on any atom is -0.485 e. The zero-order valence-corrected chi connectivity index (χ0v) is 26.3. The van der Waals surface area contributed by atoms with Crippen molar-refractivity contribution in [3.63, 3.8) is 0 Å². The molecular formula is C32H45N5O4S. The fraction of sp³-hybridized carbons (Fsp3) is 0.531. The largest absolute Gasteiger partial charge is 0.485 e. The molecule has 1 fully saturated rings. The molecule has 0 unspecified atom stereocenters. The van der Waals surface area contributed by atoms with Crippen molar-refractivity contribution in [2.75, 3.05) is 36.9 Å². The lowest BCUT2D eigenvalue weighted by atomic mass is 9.93. The van der Waals surface area contributed by atoms with E-state index in [1.54, 1.807) is 0 Å². The molecule has 0 radical (unpaired) electrons. The number of nitrogens with zero attached hydrogens (tertiary/aromatic N) is 4. The molecule has 0 bridgehead atoms. The Morgan fingerprint density at radius 2 is 2.10 bits per heavy atom. The molecule has 10 heteroatoms. The molecule has 5 rings (SSSR count). The minimum absolute atomic E-state index is 0. The van der Waals surface area contributed by atoms with E-state index in [1.807, 2.05) is 37.1 Å². The first-order valence-corrected chi connectivity index (χ1v) is 14.9. The number of ketones is 1. The SMILES string of the molecule is CCN(C)c1cc(C(=O)CC[C@H](O)CN2CCc3c(ccc(OCc4ocnc4C)c3C)C2)cc(NC2CCC2)n1.S. The highest BCUT2D eigenvalue weighted by Crippen LogP contribution is 2.30. The third kappa shape index (κ3) is 7.65. The lowest BCUT2D eigenvalue weighted by molar-refractivity contribution is 0.0836. The highest BCUT2D eigenvalue weighted by molar-refractivity contribution is 7.59. The number of carbonyl (C=O) groups excluding carboxylic acids is 1. The molecule has 0 spiro atoms. The molecule has 3 heterocycles. The summed E-state index contributed by atoms with van der Waals surface area (Å²) in [5, 5.41) is 14.3. The number of β-amino-alcohol motifs (C(OH)–C–C–N with tert-alkyl or cyclic N) is 1. The number of oxazole rings is 1. The maximum absolute atomic E-state index is 13.2. The Kier molecular flexibility index (Phi) is 10.9. The zero-order valence-electron chi connectivity index (χ0n) is 25.3. The lowest BCUT2D eigenvalue weighted by Crippen LogP contribution is -2.37. The Bertz CT molecular complexity index is 1360. The number of carbonyl (C=O) groups is 1. The normalized spacial score (nSPS) is 15.7. The molecule has 2 aromatic heterocycles. The summed E-state index contributed by atoms with van der Waals surface area (Å²) in [6, 6.07) is 8.32. The van der Waals surface area contributed by atoms with Crippen molar-refractivity contribution >= 4 is 30.9 Å². The number of hydrogen-bond acceptors (Lipinski definition) is 9. The Morgan fingerprint density at radius 1 is 1.29 bits per heavy atom. The van der Waals surface area contributed by atoms with Crippen molar-refractivity contribution in [2.24, 2.45) is 0 Å². The van der Waals surface area contributed by atoms with E-state index in [9.17, 15) is 9.90 Å². The first kappa shape index (κ1) is 31.8. The fourth-order valence-electron chi connectivity index (χ4n) is 5.50. The number of anilines is 2. The van der Waals surface area contributed by atoms with Crippen LogP contribution in [0.15, 0.2) is 35.1 Å². The monoisotopic (exact) mass is 595 g/mol. The van der Waals surface area contributed by atoms with Crippen LogP contribution in [0.2, 0.25) is 0 Å². The van der Waals surface area contributed by atoms with Crippen LogP contribution in [-0.2, 0) is 19.6 Å². The maximum Gasteiger partial charge on any atom is 0.181 e. The number of aromatic nitrogens is 2. The molecule has 1 aliphatic carbocycles. The van der Waals surface area contributed by atoms with E-state index in [0.717, 1.165) is 73.3 Å². The highest BCUT2D eigenvalue weighted by atomic mass is 32.1. The van der Waals surface area contributed by atoms with Crippen molar-refractivity contribution in [3.8, 4) is 5.75 Å². The maximum atomic E-state index is 13.2. The van der Waals surface area contributed by atoms with E-state index in [1.165, 1.54) is 23.9 Å². The average Bonchev–Trinajstić information content (AvgIpc) is 3.37. The average molecular weight is 596 g/mol. The van der Waals surface area contributed by atoms with Crippen LogP contribution in [0, 0.1) is 13.8 Å². The van der Waals surface area contributed by atoms with E-state index in [0.29, 0.717) is 37.6 Å². The molecule has 0 saturated heterocycles. The summed E-state index contributed by atoms with van der Waals surface area (Å²) in [5.74, 6) is 3.21. The summed E-state index contributed by atoms with van der Waals surface area (Å²) in [6.45, 7) is 9.42. The summed E-state index contributed by atoms with van der Waals surface area (Å²) in [6.07, 6.45) is 6.03. The second kappa shape index (κ2) is 14.4. The summed E-state index contributed by atoms with van der Waals surface area (Å²) < 4.78 is 11.4. The van der Waals surface area contributed by atoms with Gasteiger partial charge in [0.25, 0.3) is 0 Å². The van der Waals surface area contributed by atoms with Gasteiger partial charge in [-0.2, -0.15) is 13.5 Å². The van der Waals surface area contributed by atoms with Gasteiger partial charge in [0.15, 0.2) is 17.9 Å². The number of aryl methyl sites for hydroxylation is 1. The number of benzene rings is 1. The second-order valence-electron chi connectivity index (χ2n) is 11.5. The van der Waals surface area contributed by atoms with Gasteiger partial charge in [0.1, 0.15) is 24.0 Å². The van der Waals surface area contributed by atoms with E-state index < -0.39 is 6.10 Å². The Labute approximate surface area is 256 Å². The number of aliphatic hydroxyl groups excluding tert-OH is 1. The third-order valence-electron chi connectivity index (χ3n) is 8.55. The number of pyridine rings is 1. The molecule has 1 aliphatic heterocycles. The van der Waals surface area contributed by atoms with E-state index in [4.69, 9.17) is 14.1 Å². The first-order chi connectivity index (χ1) is 19.8. The van der Waals surface area contributed by atoms with E-state index in [-0.39, 0.29) is 19.3 Å². The lowest BCUT2D eigenvalue weighted by Gasteiger charge is -2.31. The van der Waals surface area contributed by atoms with Gasteiger partial charge in [0.05, 0.1) is 11.8 Å². The first-order valence-electron chi connectivity index (χ1n) is 14.9. The van der Waals surface area contributed by atoms with E-state index in [2.05, 4.69) is 35.1 Å². The van der Waals surface area contributed by atoms with Gasteiger partial charge in [-0.15, -0.1) is 0 Å². The molecule has 228 valence electrons. The number of Topliss-reactive ketones (excluding diaryl/α,β-unsaturated/α-hetero) is 1. The summed E-state index contributed by atoms with van der Waals surface area (Å²) in [5.41, 5.74) is 5.23. The van der Waals surface area contributed by atoms with Crippen LogP contribution < -0.4 is 15.0 Å². The number of ether oxygens (including phenoxy) is 1. The van der Waals surface area contributed by atoms with Gasteiger partial charge < -0.3 is 24.5 Å². The molecule has 1 saturated carbocycles. The van der Waals surface area contributed by atoms with Gasteiger partial charge in [-0.25, -0.2) is 9.97 Å². The summed E-state index contributed by atoms with van der Waals surface area (Å²) >= 11 is 0. The molecule has 0 amide bonds. The molecule has 9 nitrogen and oxygen atoms in total. The molecule has 2 aliphatic rings. The van der Waals surface area contributed by atoms with Crippen LogP contribution in [0.4, 0.5) is 11.6 Å². The van der Waals surface area contributed by atoms with Gasteiger partial charge in [-0.3, -0.25) is 9.69 Å². The summed E-state index contributed by atoms with van der Waals surface area (Å²) in [7, 11) is 1.99. The Balaban J connectivity index is 0.00000405. The van der Waals surface area contributed by atoms with Gasteiger partial charge in [-0.1, -0.05) is 6.07 Å². The van der Waals surface area contributed by atoms with Crippen molar-refractivity contribution in [1.29, 1.82) is 0 Å². The molecule has 2 N–H and O–H groups in total. The summed E-state index contributed by atoms with van der Waals surface area (Å²) in [4.78, 5) is 26.4. The number of fused-ring (bicyclic) bond motifs is 1. The molecule has 42 heavy (non-hydrogen) atoms. The van der Waals surface area contributed by atoms with Crippen molar-refractivity contribution in [2.45, 2.75) is 84.6 Å². The molecule has 3 aromatic rings. The third-order valence-corrected chi connectivity index (χ3v) is 8.55. The Hall–Kier alpha value is -3.08.